The Labute approximate surface area is 192 Å². The zero-order chi connectivity index (χ0) is 23.6. The maximum absolute atomic E-state index is 13.5. The van der Waals surface area contributed by atoms with Crippen LogP contribution in [0.1, 0.15) is 42.6 Å². The van der Waals surface area contributed by atoms with Gasteiger partial charge in [-0.15, -0.1) is 0 Å². The van der Waals surface area contributed by atoms with E-state index in [0.717, 1.165) is 36.6 Å². The predicted octanol–water partition coefficient (Wildman–Crippen LogP) is 4.78. The summed E-state index contributed by atoms with van der Waals surface area (Å²) in [5.41, 5.74) is -0.602. The molecule has 3 aromatic heterocycles. The van der Waals surface area contributed by atoms with E-state index < -0.39 is 17.8 Å². The van der Waals surface area contributed by atoms with Crippen LogP contribution in [0.4, 0.5) is 24.1 Å². The average molecular weight is 479 g/mol. The van der Waals surface area contributed by atoms with Gasteiger partial charge in [-0.2, -0.15) is 22.5 Å². The molecular weight excluding hydrogens is 457 g/mol. The van der Waals surface area contributed by atoms with Gasteiger partial charge in [-0.25, -0.2) is 9.97 Å². The minimum atomic E-state index is -4.63. The van der Waals surface area contributed by atoms with Gasteiger partial charge in [0.1, 0.15) is 22.8 Å². The molecule has 0 radical (unpaired) electrons. The molecule has 0 aliphatic carbocycles. The molecule has 1 amide bonds. The number of halogens is 3. The fraction of sp³-hybridized carbons (Fsp3) is 0.381. The molecule has 8 nitrogen and oxygen atoms in total. The highest BCUT2D eigenvalue weighted by Gasteiger charge is 2.36. The van der Waals surface area contributed by atoms with Crippen LogP contribution >= 0.6 is 11.5 Å². The van der Waals surface area contributed by atoms with Gasteiger partial charge in [0.25, 0.3) is 5.91 Å². The van der Waals surface area contributed by atoms with Crippen molar-refractivity contribution in [2.45, 2.75) is 39.0 Å². The number of carbonyl (C=O) groups is 1. The van der Waals surface area contributed by atoms with E-state index in [1.807, 2.05) is 0 Å². The molecule has 1 aliphatic heterocycles. The Morgan fingerprint density at radius 2 is 2.00 bits per heavy atom. The second kappa shape index (κ2) is 9.30. The largest absolute Gasteiger partial charge is 0.489 e. The molecule has 1 N–H and O–H groups in total. The van der Waals surface area contributed by atoms with Crippen LogP contribution in [-0.2, 0) is 6.18 Å². The highest BCUT2D eigenvalue weighted by atomic mass is 32.1. The third-order valence-corrected chi connectivity index (χ3v) is 5.48. The van der Waals surface area contributed by atoms with Crippen molar-refractivity contribution in [3.8, 4) is 17.3 Å². The molecule has 3 aromatic rings. The van der Waals surface area contributed by atoms with Gasteiger partial charge in [0, 0.05) is 30.8 Å². The number of likely N-dealkylation sites (tertiary alicyclic amines) is 1. The van der Waals surface area contributed by atoms with Gasteiger partial charge in [0.05, 0.1) is 17.9 Å². The molecule has 0 saturated carbocycles. The number of pyridine rings is 2. The number of ether oxygens (including phenoxy) is 1. The summed E-state index contributed by atoms with van der Waals surface area (Å²) in [4.78, 5) is 27.1. The monoisotopic (exact) mass is 478 g/mol. The van der Waals surface area contributed by atoms with E-state index in [1.54, 1.807) is 30.9 Å². The number of nitrogens with zero attached hydrogens (tertiary/aromatic N) is 5. The predicted molar refractivity (Wildman–Crippen MR) is 117 cm³/mol. The lowest BCUT2D eigenvalue weighted by Gasteiger charge is -2.17. The molecule has 4 heterocycles. The number of amides is 1. The second-order valence-corrected chi connectivity index (χ2v) is 8.43. The third kappa shape index (κ3) is 5.21. The Morgan fingerprint density at radius 1 is 1.24 bits per heavy atom. The Morgan fingerprint density at radius 3 is 2.70 bits per heavy atom. The lowest BCUT2D eigenvalue weighted by Crippen LogP contribution is -2.28. The van der Waals surface area contributed by atoms with E-state index in [0.29, 0.717) is 24.5 Å². The first-order chi connectivity index (χ1) is 15.7. The van der Waals surface area contributed by atoms with Gasteiger partial charge < -0.3 is 15.0 Å². The normalized spacial score (nSPS) is 14.1. The number of hydrogen-bond acceptors (Lipinski definition) is 8. The lowest BCUT2D eigenvalue weighted by atomic mass is 10.2. The highest BCUT2D eigenvalue weighted by molar-refractivity contribution is 7.09. The minimum absolute atomic E-state index is 0.0208. The molecule has 33 heavy (non-hydrogen) atoms. The van der Waals surface area contributed by atoms with Crippen LogP contribution < -0.4 is 10.1 Å². The van der Waals surface area contributed by atoms with Gasteiger partial charge in [0.2, 0.25) is 5.13 Å². The van der Waals surface area contributed by atoms with Crippen LogP contribution in [0, 0.1) is 0 Å². The topological polar surface area (TPSA) is 93.1 Å². The highest BCUT2D eigenvalue weighted by Crippen LogP contribution is 2.38. The Hall–Kier alpha value is -3.28. The first-order valence-electron chi connectivity index (χ1n) is 10.3. The molecular formula is C21H21F3N6O2S. The molecule has 174 valence electrons. The molecule has 1 fully saturated rings. The number of alkyl halides is 3. The molecule has 4 rings (SSSR count). The van der Waals surface area contributed by atoms with Gasteiger partial charge in [-0.3, -0.25) is 4.79 Å². The summed E-state index contributed by atoms with van der Waals surface area (Å²) >= 11 is 0.930. The van der Waals surface area contributed by atoms with Crippen LogP contribution in [0.2, 0.25) is 0 Å². The molecule has 0 bridgehead atoms. The van der Waals surface area contributed by atoms with Crippen LogP contribution in [-0.4, -0.2) is 49.3 Å². The zero-order valence-electron chi connectivity index (χ0n) is 17.9. The van der Waals surface area contributed by atoms with Crippen LogP contribution in [0.3, 0.4) is 0 Å². The lowest BCUT2D eigenvalue weighted by molar-refractivity contribution is -0.139. The van der Waals surface area contributed by atoms with Gasteiger partial charge in [0.15, 0.2) is 5.82 Å². The Bertz CT molecular complexity index is 1150. The van der Waals surface area contributed by atoms with E-state index in [-0.39, 0.29) is 28.3 Å². The molecule has 12 heteroatoms. The van der Waals surface area contributed by atoms with E-state index in [4.69, 9.17) is 4.74 Å². The van der Waals surface area contributed by atoms with E-state index in [2.05, 4.69) is 24.6 Å². The van der Waals surface area contributed by atoms with Crippen LogP contribution in [0.15, 0.2) is 30.6 Å². The summed E-state index contributed by atoms with van der Waals surface area (Å²) < 4.78 is 50.0. The average Bonchev–Trinajstić information content (AvgIpc) is 3.45. The van der Waals surface area contributed by atoms with E-state index in [1.165, 1.54) is 6.20 Å². The van der Waals surface area contributed by atoms with Crippen molar-refractivity contribution in [1.29, 1.82) is 0 Å². The molecule has 0 spiro atoms. The fourth-order valence-electron chi connectivity index (χ4n) is 3.38. The van der Waals surface area contributed by atoms with Crippen molar-refractivity contribution in [3.05, 3.63) is 41.7 Å². The SMILES string of the molecule is CC(C)Oc1cnc(-c2nsc(Nc3ncccc3C(=O)N3CCCC3)n2)cc1C(F)(F)F. The summed E-state index contributed by atoms with van der Waals surface area (Å²) in [7, 11) is 0. The number of rotatable bonds is 6. The number of aromatic nitrogens is 4. The summed E-state index contributed by atoms with van der Waals surface area (Å²) in [6, 6.07) is 4.21. The maximum atomic E-state index is 13.5. The second-order valence-electron chi connectivity index (χ2n) is 7.68. The van der Waals surface area contributed by atoms with E-state index in [9.17, 15) is 18.0 Å². The summed E-state index contributed by atoms with van der Waals surface area (Å²) in [6.45, 7) is 4.66. The van der Waals surface area contributed by atoms with Gasteiger partial charge in [-0.05, 0) is 44.9 Å². The first kappa shape index (κ1) is 22.9. The smallest absolute Gasteiger partial charge is 0.420 e. The fourth-order valence-corrected chi connectivity index (χ4v) is 3.96. The van der Waals surface area contributed by atoms with Gasteiger partial charge >= 0.3 is 6.18 Å². The van der Waals surface area contributed by atoms with Crippen molar-refractivity contribution >= 4 is 28.4 Å². The van der Waals surface area contributed by atoms with Crippen molar-refractivity contribution < 1.29 is 22.7 Å². The molecule has 0 aromatic carbocycles. The third-order valence-electron chi connectivity index (χ3n) is 4.85. The summed E-state index contributed by atoms with van der Waals surface area (Å²) in [5, 5.41) is 3.24. The minimum Gasteiger partial charge on any atom is -0.489 e. The number of nitrogens with one attached hydrogen (secondary N) is 1. The number of hydrogen-bond donors (Lipinski definition) is 1. The summed E-state index contributed by atoms with van der Waals surface area (Å²) in [5.74, 6) is -0.160. The molecule has 1 saturated heterocycles. The van der Waals surface area contributed by atoms with Crippen molar-refractivity contribution in [2.24, 2.45) is 0 Å². The maximum Gasteiger partial charge on any atom is 0.420 e. The van der Waals surface area contributed by atoms with Crippen molar-refractivity contribution in [2.75, 3.05) is 18.4 Å². The Balaban J connectivity index is 1.59. The zero-order valence-corrected chi connectivity index (χ0v) is 18.7. The van der Waals surface area contributed by atoms with Gasteiger partial charge in [-0.1, -0.05) is 0 Å². The first-order valence-corrected chi connectivity index (χ1v) is 11.1. The van der Waals surface area contributed by atoms with Crippen LogP contribution in [0.25, 0.3) is 11.5 Å². The number of anilines is 2. The molecule has 0 atom stereocenters. The van der Waals surface area contributed by atoms with Crippen molar-refractivity contribution in [3.63, 3.8) is 0 Å². The Kier molecular flexibility index (Phi) is 6.45. The standard InChI is InChI=1S/C21H21F3N6O2S/c1-12(2)32-16-11-26-15(10-14(16)21(22,23)24)18-28-20(33-29-18)27-17-13(6-5-7-25-17)19(31)30-8-3-4-9-30/h5-7,10-12H,3-4,8-9H2,1-2H3,(H,25,27,28,29). The number of carbonyl (C=O) groups excluding carboxylic acids is 1. The van der Waals surface area contributed by atoms with Crippen LogP contribution in [0.5, 0.6) is 5.75 Å². The molecule has 1 aliphatic rings. The summed E-state index contributed by atoms with van der Waals surface area (Å²) in [6.07, 6.45) is -0.585. The van der Waals surface area contributed by atoms with E-state index >= 15 is 0 Å². The van der Waals surface area contributed by atoms with Crippen molar-refractivity contribution in [1.82, 2.24) is 24.2 Å². The quantitative estimate of drug-likeness (QED) is 0.545. The molecule has 0 unspecified atom stereocenters.